The van der Waals surface area contributed by atoms with Crippen molar-refractivity contribution >= 4 is 182 Å². The van der Waals surface area contributed by atoms with Crippen molar-refractivity contribution in [2.75, 3.05) is 0 Å². The van der Waals surface area contributed by atoms with Crippen LogP contribution in [0.3, 0.4) is 0 Å². The Morgan fingerprint density at radius 1 is 0.164 bits per heavy atom. The van der Waals surface area contributed by atoms with Crippen LogP contribution in [0.1, 0.15) is 11.1 Å². The molecule has 0 saturated carbocycles. The largest absolute Gasteiger partial charge is 0.309 e. The summed E-state index contributed by atoms with van der Waals surface area (Å²) in [6.45, 7) is 0. The molecule has 0 saturated heterocycles. The van der Waals surface area contributed by atoms with E-state index >= 15 is 0 Å². The molecular formula is C127H76N10S3. The second-order valence-corrected chi connectivity index (χ2v) is 39.3. The van der Waals surface area contributed by atoms with Gasteiger partial charge in [-0.25, -0.2) is 29.9 Å². The average molecular weight is 1840 g/mol. The highest BCUT2D eigenvalue weighted by atomic mass is 32.1. The van der Waals surface area contributed by atoms with E-state index in [9.17, 15) is 0 Å². The Hall–Kier alpha value is -17.7. The molecule has 20 aromatic carbocycles. The van der Waals surface area contributed by atoms with Crippen molar-refractivity contribution in [3.05, 3.63) is 460 Å². The number of fused-ring (bicyclic) bond motifs is 26. The number of hydrogen-bond acceptors (Lipinski definition) is 9. The third kappa shape index (κ3) is 12.6. The van der Waals surface area contributed by atoms with Crippen molar-refractivity contribution < 1.29 is 0 Å². The minimum absolute atomic E-state index is 0.653. The summed E-state index contributed by atoms with van der Waals surface area (Å²) in [5.74, 6) is 3.95. The monoisotopic (exact) mass is 1840 g/mol. The predicted molar refractivity (Wildman–Crippen MR) is 587 cm³/mol. The van der Waals surface area contributed by atoms with E-state index in [4.69, 9.17) is 29.9 Å². The van der Waals surface area contributed by atoms with Crippen LogP contribution in [0.2, 0.25) is 0 Å². The Morgan fingerprint density at radius 3 is 0.943 bits per heavy atom. The molecule has 29 aromatic rings. The van der Waals surface area contributed by atoms with Crippen LogP contribution in [0.4, 0.5) is 0 Å². The number of hydrogen-bond donors (Lipinski definition) is 0. The fraction of sp³-hybridized carbons (Fsp3) is 0.00787. The second kappa shape index (κ2) is 32.0. The summed E-state index contributed by atoms with van der Waals surface area (Å²) in [6, 6.07) is 162. The van der Waals surface area contributed by atoms with Gasteiger partial charge in [0, 0.05) is 140 Å². The molecule has 652 valence electrons. The predicted octanol–water partition coefficient (Wildman–Crippen LogP) is 34.1. The molecule has 30 rings (SSSR count). The van der Waals surface area contributed by atoms with Gasteiger partial charge in [-0.05, 0) is 154 Å². The van der Waals surface area contributed by atoms with E-state index in [1.165, 1.54) is 199 Å². The molecule has 140 heavy (non-hydrogen) atoms. The van der Waals surface area contributed by atoms with Gasteiger partial charge in [0.15, 0.2) is 34.9 Å². The Morgan fingerprint density at radius 2 is 0.479 bits per heavy atom. The third-order valence-corrected chi connectivity index (χ3v) is 32.2. The second-order valence-electron chi connectivity index (χ2n) is 36.2. The zero-order valence-corrected chi connectivity index (χ0v) is 77.6. The van der Waals surface area contributed by atoms with Gasteiger partial charge in [0.05, 0.1) is 63.9 Å². The lowest BCUT2D eigenvalue weighted by atomic mass is 10.00. The molecule has 0 radical (unpaired) electrons. The van der Waals surface area contributed by atoms with Crippen LogP contribution in [0, 0.1) is 0 Å². The fourth-order valence-corrected chi connectivity index (χ4v) is 26.1. The van der Waals surface area contributed by atoms with Gasteiger partial charge >= 0.3 is 0 Å². The first kappa shape index (κ1) is 79.6. The van der Waals surface area contributed by atoms with Gasteiger partial charge < -0.3 is 18.3 Å². The molecular weight excluding hydrogens is 1760 g/mol. The Balaban J connectivity index is 0.000000134. The van der Waals surface area contributed by atoms with Crippen LogP contribution in [0.5, 0.6) is 0 Å². The number of nitrogens with zero attached hydrogens (tertiary/aromatic N) is 10. The number of thiophene rings is 3. The van der Waals surface area contributed by atoms with Gasteiger partial charge in [0.1, 0.15) is 0 Å². The van der Waals surface area contributed by atoms with Gasteiger partial charge in [0.2, 0.25) is 0 Å². The maximum absolute atomic E-state index is 5.16. The van der Waals surface area contributed by atoms with E-state index in [0.717, 1.165) is 55.9 Å². The minimum Gasteiger partial charge on any atom is -0.309 e. The summed E-state index contributed by atoms with van der Waals surface area (Å²) < 4.78 is 17.4. The van der Waals surface area contributed by atoms with Crippen LogP contribution >= 0.6 is 34.0 Å². The topological polar surface area (TPSA) is 97.1 Å². The molecule has 0 aliphatic heterocycles. The maximum Gasteiger partial charge on any atom is 0.165 e. The van der Waals surface area contributed by atoms with Crippen LogP contribution in [0.15, 0.2) is 449 Å². The van der Waals surface area contributed by atoms with Crippen LogP contribution in [0.25, 0.3) is 272 Å². The van der Waals surface area contributed by atoms with E-state index in [1.807, 2.05) is 107 Å². The lowest BCUT2D eigenvalue weighted by Crippen LogP contribution is -2.00. The zero-order chi connectivity index (χ0) is 91.7. The standard InChI is InChI=1S/C64H39N5S.C63H37N5S2/c1-4-15-39(16-5-1)62-65-63(40-17-6-2-7-18-40)67-64(66-62)44-28-27-41-35-42-29-31-46(38-54(42)53(41)37-44)68-56-25-12-11-22-49(56)55-36-43(30-34-58(55)68)47-23-14-24-51-52-33-32-50-48-21-10-13-26-57(48)69(45-19-8-3-9-20-45)59(50)61(52)70-60(47)51;1-4-17-38(18-5-1)61-64-62(39-19-6-2-7-20-39)66-63(65-61)50-29-15-27-46-48-28-16-32-55(59(48)69-58(46)50)68-53-31-13-11-24-44(53)51-37-40(33-36-54(51)68)42-25-14-26-47-49-35-34-45-43-23-10-12-30-52(43)67(41-21-8-3-9-22-41)56(45)60(49)70-57(42)47/h1-34,36-38H,35H2;1-37H. The van der Waals surface area contributed by atoms with Crippen molar-refractivity contribution in [1.29, 1.82) is 0 Å². The fourth-order valence-electron chi connectivity index (χ4n) is 22.0. The molecule has 0 bridgehead atoms. The number of aromatic nitrogens is 10. The van der Waals surface area contributed by atoms with Crippen LogP contribution < -0.4 is 0 Å². The molecule has 13 heteroatoms. The normalized spacial score (nSPS) is 12.1. The average Bonchev–Trinajstić information content (AvgIpc) is 1.57. The molecule has 0 amide bonds. The third-order valence-electron chi connectivity index (χ3n) is 28.4. The Labute approximate surface area is 814 Å². The van der Waals surface area contributed by atoms with Crippen LogP contribution in [-0.2, 0) is 6.42 Å². The van der Waals surface area contributed by atoms with Gasteiger partial charge in [-0.1, -0.05) is 346 Å². The first-order valence-electron chi connectivity index (χ1n) is 47.3. The minimum atomic E-state index is 0.653. The van der Waals surface area contributed by atoms with Gasteiger partial charge in [-0.15, -0.1) is 34.0 Å². The van der Waals surface area contributed by atoms with E-state index in [0.29, 0.717) is 34.9 Å². The summed E-state index contributed by atoms with van der Waals surface area (Å²) in [6.07, 6.45) is 0.882. The Bertz CT molecular complexity index is 10100. The quantitative estimate of drug-likeness (QED) is 0.121. The molecule has 1 aliphatic carbocycles. The van der Waals surface area contributed by atoms with Crippen molar-refractivity contribution in [2.24, 2.45) is 0 Å². The first-order chi connectivity index (χ1) is 69.4. The summed E-state index contributed by atoms with van der Waals surface area (Å²) in [4.78, 5) is 30.4. The molecule has 9 heterocycles. The van der Waals surface area contributed by atoms with Crippen molar-refractivity contribution in [1.82, 2.24) is 48.2 Å². The smallest absolute Gasteiger partial charge is 0.165 e. The van der Waals surface area contributed by atoms with Gasteiger partial charge in [-0.3, -0.25) is 0 Å². The number of benzene rings is 20. The summed E-state index contributed by atoms with van der Waals surface area (Å²) in [5, 5.41) is 17.6. The van der Waals surface area contributed by atoms with E-state index in [2.05, 4.69) is 394 Å². The molecule has 0 fully saturated rings. The van der Waals surface area contributed by atoms with Gasteiger partial charge in [0.25, 0.3) is 0 Å². The molecule has 1 aliphatic rings. The van der Waals surface area contributed by atoms with E-state index in [-0.39, 0.29) is 0 Å². The summed E-state index contributed by atoms with van der Waals surface area (Å²) >= 11 is 5.64. The SMILES string of the molecule is c1ccc(-c2nc(-c3ccccc3)nc(-c3ccc4c(c3)-c3cc(-n5c6ccccc6c6cc(-c7cccc8c7sc7c8ccc8c9ccccc9n(-c9ccccc9)c87)ccc65)ccc3C4)n2)cc1.c1ccc(-c2nc(-c3ccccc3)nc(-c3cccc4c3sc3c(-n5c6ccccc6c6cc(-c7cccc8c7sc7c8ccc8c9ccccc9n(-c9ccccc9)c87)ccc65)cccc34)n2)cc1. The first-order valence-corrected chi connectivity index (χ1v) is 49.8. The van der Waals surface area contributed by atoms with Gasteiger partial charge in [-0.2, -0.15) is 0 Å². The molecule has 0 unspecified atom stereocenters. The molecule has 0 N–H and O–H groups in total. The highest BCUT2D eigenvalue weighted by Gasteiger charge is 2.29. The lowest BCUT2D eigenvalue weighted by Gasteiger charge is -2.12. The van der Waals surface area contributed by atoms with Crippen molar-refractivity contribution in [3.63, 3.8) is 0 Å². The number of rotatable bonds is 12. The number of para-hydroxylation sites is 6. The van der Waals surface area contributed by atoms with Crippen molar-refractivity contribution in [3.8, 4) is 124 Å². The maximum atomic E-state index is 5.16. The Kier molecular flexibility index (Phi) is 18.2. The van der Waals surface area contributed by atoms with Crippen molar-refractivity contribution in [2.45, 2.75) is 6.42 Å². The highest BCUT2D eigenvalue weighted by Crippen LogP contribution is 2.52. The highest BCUT2D eigenvalue weighted by molar-refractivity contribution is 7.28. The molecule has 0 spiro atoms. The zero-order valence-electron chi connectivity index (χ0n) is 75.1. The van der Waals surface area contributed by atoms with E-state index in [1.54, 1.807) is 0 Å². The van der Waals surface area contributed by atoms with E-state index < -0.39 is 0 Å². The molecule has 10 nitrogen and oxygen atoms in total. The van der Waals surface area contributed by atoms with Crippen LogP contribution in [-0.4, -0.2) is 48.2 Å². The summed E-state index contributed by atoms with van der Waals surface area (Å²) in [7, 11) is 0. The molecule has 0 atom stereocenters. The lowest BCUT2D eigenvalue weighted by molar-refractivity contribution is 1.07. The summed E-state index contributed by atoms with van der Waals surface area (Å²) in [5.41, 5.74) is 30.1. The molecule has 9 aromatic heterocycles.